The second kappa shape index (κ2) is 5.21. The van der Waals surface area contributed by atoms with Gasteiger partial charge in [0.2, 0.25) is 5.78 Å². The number of nitrogens with zero attached hydrogens (tertiary/aromatic N) is 1. The number of thiazole rings is 1. The number of hydrogen-bond donors (Lipinski definition) is 0. The zero-order chi connectivity index (χ0) is 13.3. The highest BCUT2D eigenvalue weighted by atomic mass is 35.5. The third kappa shape index (κ3) is 2.47. The van der Waals surface area contributed by atoms with Crippen molar-refractivity contribution >= 4 is 28.7 Å². The van der Waals surface area contributed by atoms with Crippen molar-refractivity contribution in [3.05, 3.63) is 39.2 Å². The van der Waals surface area contributed by atoms with Crippen LogP contribution in [0.3, 0.4) is 0 Å². The van der Waals surface area contributed by atoms with Crippen LogP contribution in [0.5, 0.6) is 0 Å². The topological polar surface area (TPSA) is 30.0 Å². The minimum atomic E-state index is -0.110. The lowest BCUT2D eigenvalue weighted by Crippen LogP contribution is -1.99. The monoisotopic (exact) mass is 279 g/mol. The molecule has 0 spiro atoms. The van der Waals surface area contributed by atoms with Crippen molar-refractivity contribution in [1.82, 2.24) is 4.98 Å². The SMILES string of the molecule is Cc1ccc(-c2nc(C(=O)CCl)sc2C)c(C)c1. The Bertz CT molecular complexity index is 604. The molecule has 18 heavy (non-hydrogen) atoms. The molecule has 0 amide bonds. The molecule has 0 atom stereocenters. The Balaban J connectivity index is 2.51. The normalized spacial score (nSPS) is 10.7. The number of aromatic nitrogens is 1. The molecule has 94 valence electrons. The van der Waals surface area contributed by atoms with E-state index in [2.05, 4.69) is 37.0 Å². The van der Waals surface area contributed by atoms with Crippen LogP contribution in [-0.2, 0) is 0 Å². The molecule has 2 aromatic rings. The van der Waals surface area contributed by atoms with Gasteiger partial charge in [-0.25, -0.2) is 4.98 Å². The minimum Gasteiger partial charge on any atom is -0.290 e. The maximum atomic E-state index is 11.6. The summed E-state index contributed by atoms with van der Waals surface area (Å²) in [5, 5.41) is 0.498. The first-order chi connectivity index (χ1) is 8.52. The van der Waals surface area contributed by atoms with Crippen LogP contribution in [0.25, 0.3) is 11.3 Å². The molecule has 4 heteroatoms. The van der Waals surface area contributed by atoms with Crippen molar-refractivity contribution in [2.45, 2.75) is 20.8 Å². The van der Waals surface area contributed by atoms with Crippen LogP contribution in [0.15, 0.2) is 18.2 Å². The number of hydrogen-bond acceptors (Lipinski definition) is 3. The van der Waals surface area contributed by atoms with Gasteiger partial charge in [-0.2, -0.15) is 0 Å². The minimum absolute atomic E-state index is 0.0146. The first kappa shape index (κ1) is 13.2. The lowest BCUT2D eigenvalue weighted by molar-refractivity contribution is 0.102. The predicted octanol–water partition coefficient (Wildman–Crippen LogP) is 4.16. The third-order valence-corrected chi connectivity index (χ3v) is 4.05. The second-order valence-electron chi connectivity index (χ2n) is 4.30. The largest absolute Gasteiger partial charge is 0.290 e. The first-order valence-electron chi connectivity index (χ1n) is 5.67. The van der Waals surface area contributed by atoms with Crippen molar-refractivity contribution < 1.29 is 4.79 Å². The molecule has 1 heterocycles. The number of aryl methyl sites for hydroxylation is 3. The van der Waals surface area contributed by atoms with Gasteiger partial charge in [0, 0.05) is 10.4 Å². The number of Topliss-reactive ketones (excluding diaryl/α,β-unsaturated/α-hetero) is 1. The Morgan fingerprint density at radius 1 is 1.33 bits per heavy atom. The van der Waals surface area contributed by atoms with E-state index >= 15 is 0 Å². The van der Waals surface area contributed by atoms with Crippen molar-refractivity contribution in [3.8, 4) is 11.3 Å². The zero-order valence-electron chi connectivity index (χ0n) is 10.6. The summed E-state index contributed by atoms with van der Waals surface area (Å²) in [5.41, 5.74) is 4.38. The number of ketones is 1. The second-order valence-corrected chi connectivity index (χ2v) is 5.77. The standard InChI is InChI=1S/C14H14ClNOS/c1-8-4-5-11(9(2)6-8)13-10(3)18-14(16-13)12(17)7-15/h4-6H,7H2,1-3H3. The van der Waals surface area contributed by atoms with Crippen LogP contribution in [0.1, 0.15) is 25.8 Å². The highest BCUT2D eigenvalue weighted by molar-refractivity contribution is 7.14. The van der Waals surface area contributed by atoms with Crippen molar-refractivity contribution in [3.63, 3.8) is 0 Å². The molecule has 0 aliphatic carbocycles. The molecule has 1 aromatic heterocycles. The van der Waals surface area contributed by atoms with E-state index in [1.165, 1.54) is 22.5 Å². The summed E-state index contributed by atoms with van der Waals surface area (Å²) in [6, 6.07) is 6.24. The van der Waals surface area contributed by atoms with Gasteiger partial charge >= 0.3 is 0 Å². The van der Waals surface area contributed by atoms with E-state index in [1.807, 2.05) is 6.92 Å². The third-order valence-electron chi connectivity index (χ3n) is 2.79. The molecule has 0 N–H and O–H groups in total. The van der Waals surface area contributed by atoms with E-state index in [4.69, 9.17) is 11.6 Å². The lowest BCUT2D eigenvalue weighted by Gasteiger charge is -2.04. The number of rotatable bonds is 3. The number of alkyl halides is 1. The number of halogens is 1. The molecule has 0 aliphatic heterocycles. The van der Waals surface area contributed by atoms with Crippen LogP contribution < -0.4 is 0 Å². The maximum Gasteiger partial charge on any atom is 0.206 e. The number of benzene rings is 1. The molecule has 0 radical (unpaired) electrons. The highest BCUT2D eigenvalue weighted by Gasteiger charge is 2.15. The van der Waals surface area contributed by atoms with Crippen molar-refractivity contribution in [1.29, 1.82) is 0 Å². The summed E-state index contributed by atoms with van der Waals surface area (Å²) in [7, 11) is 0. The Morgan fingerprint density at radius 3 is 2.67 bits per heavy atom. The molecule has 0 bridgehead atoms. The van der Waals surface area contributed by atoms with Crippen LogP contribution in [0, 0.1) is 20.8 Å². The molecule has 1 aromatic carbocycles. The quantitative estimate of drug-likeness (QED) is 0.624. The Labute approximate surface area is 116 Å². The molecule has 0 unspecified atom stereocenters. The molecule has 0 saturated carbocycles. The molecule has 2 nitrogen and oxygen atoms in total. The van der Waals surface area contributed by atoms with Gasteiger partial charge < -0.3 is 0 Å². The van der Waals surface area contributed by atoms with Crippen LogP contribution in [0.2, 0.25) is 0 Å². The van der Waals surface area contributed by atoms with Crippen molar-refractivity contribution in [2.24, 2.45) is 0 Å². The summed E-state index contributed by atoms with van der Waals surface area (Å²) in [6.45, 7) is 6.11. The maximum absolute atomic E-state index is 11.6. The fourth-order valence-electron chi connectivity index (χ4n) is 1.90. The van der Waals surface area contributed by atoms with E-state index in [0.29, 0.717) is 5.01 Å². The van der Waals surface area contributed by atoms with Gasteiger partial charge in [0.25, 0.3) is 0 Å². The van der Waals surface area contributed by atoms with Crippen LogP contribution in [-0.4, -0.2) is 16.6 Å². The summed E-state index contributed by atoms with van der Waals surface area (Å²) in [6.07, 6.45) is 0. The molecule has 0 fully saturated rings. The fraction of sp³-hybridized carbons (Fsp3) is 0.286. The van der Waals surface area contributed by atoms with E-state index in [-0.39, 0.29) is 11.7 Å². The van der Waals surface area contributed by atoms with E-state index < -0.39 is 0 Å². The van der Waals surface area contributed by atoms with Gasteiger partial charge in [-0.15, -0.1) is 22.9 Å². The fourth-order valence-corrected chi connectivity index (χ4v) is 2.97. The van der Waals surface area contributed by atoms with E-state index in [0.717, 1.165) is 16.1 Å². The summed E-state index contributed by atoms with van der Waals surface area (Å²) in [5.74, 6) is -0.125. The average molecular weight is 280 g/mol. The summed E-state index contributed by atoms with van der Waals surface area (Å²) in [4.78, 5) is 17.0. The van der Waals surface area contributed by atoms with Gasteiger partial charge in [-0.1, -0.05) is 23.8 Å². The van der Waals surface area contributed by atoms with Gasteiger partial charge in [0.15, 0.2) is 5.01 Å². The lowest BCUT2D eigenvalue weighted by atomic mass is 10.0. The number of carbonyl (C=O) groups excluding carboxylic acids is 1. The van der Waals surface area contributed by atoms with Gasteiger partial charge in [0.1, 0.15) is 0 Å². The smallest absolute Gasteiger partial charge is 0.206 e. The Hall–Kier alpha value is -1.19. The summed E-state index contributed by atoms with van der Waals surface area (Å²) < 4.78 is 0. The molecule has 0 aliphatic rings. The highest BCUT2D eigenvalue weighted by Crippen LogP contribution is 2.30. The molecular formula is C14H14ClNOS. The Morgan fingerprint density at radius 2 is 2.06 bits per heavy atom. The predicted molar refractivity (Wildman–Crippen MR) is 76.8 cm³/mol. The van der Waals surface area contributed by atoms with E-state index in [1.54, 1.807) is 0 Å². The summed E-state index contributed by atoms with van der Waals surface area (Å²) >= 11 is 6.97. The van der Waals surface area contributed by atoms with Crippen molar-refractivity contribution in [2.75, 3.05) is 5.88 Å². The first-order valence-corrected chi connectivity index (χ1v) is 7.02. The van der Waals surface area contributed by atoms with Gasteiger partial charge in [-0.05, 0) is 26.3 Å². The molecular weight excluding hydrogens is 266 g/mol. The number of carbonyl (C=O) groups is 1. The van der Waals surface area contributed by atoms with Crippen LogP contribution in [0.4, 0.5) is 0 Å². The average Bonchev–Trinajstić information content (AvgIpc) is 2.70. The van der Waals surface area contributed by atoms with Gasteiger partial charge in [-0.3, -0.25) is 4.79 Å². The van der Waals surface area contributed by atoms with Gasteiger partial charge in [0.05, 0.1) is 11.6 Å². The molecule has 0 saturated heterocycles. The Kier molecular flexibility index (Phi) is 3.83. The van der Waals surface area contributed by atoms with E-state index in [9.17, 15) is 4.79 Å². The molecule has 2 rings (SSSR count). The van der Waals surface area contributed by atoms with Crippen LogP contribution >= 0.6 is 22.9 Å². The zero-order valence-corrected chi connectivity index (χ0v) is 12.2.